The van der Waals surface area contributed by atoms with Crippen LogP contribution in [0.3, 0.4) is 0 Å². The smallest absolute Gasteiger partial charge is 0.0336 e. The van der Waals surface area contributed by atoms with E-state index in [2.05, 4.69) is 28.2 Å². The van der Waals surface area contributed by atoms with E-state index in [0.29, 0.717) is 6.04 Å². The number of rotatable bonds is 3. The quantitative estimate of drug-likeness (QED) is 0.860. The maximum atomic E-state index is 4.22. The fourth-order valence-electron chi connectivity index (χ4n) is 2.80. The van der Waals surface area contributed by atoms with Crippen LogP contribution in [-0.4, -0.2) is 35.6 Å². The highest BCUT2D eigenvalue weighted by Crippen LogP contribution is 2.34. The van der Waals surface area contributed by atoms with Gasteiger partial charge in [-0.25, -0.2) is 0 Å². The van der Waals surface area contributed by atoms with E-state index < -0.39 is 0 Å². The lowest BCUT2D eigenvalue weighted by Crippen LogP contribution is -2.52. The Morgan fingerprint density at radius 3 is 3.06 bits per heavy atom. The fraction of sp³-hybridized carbons (Fsp3) is 0.643. The summed E-state index contributed by atoms with van der Waals surface area (Å²) in [5.74, 6) is 0.943. The first-order valence-electron chi connectivity index (χ1n) is 6.72. The molecule has 2 fully saturated rings. The lowest BCUT2D eigenvalue weighted by molar-refractivity contribution is 0.144. The van der Waals surface area contributed by atoms with Crippen molar-refractivity contribution in [3.05, 3.63) is 30.1 Å². The van der Waals surface area contributed by atoms with Gasteiger partial charge in [0, 0.05) is 44.1 Å². The van der Waals surface area contributed by atoms with Gasteiger partial charge < -0.3 is 5.32 Å². The minimum atomic E-state index is 0.493. The average molecular weight is 231 g/mol. The molecule has 92 valence electrons. The highest BCUT2D eigenvalue weighted by atomic mass is 15.2. The van der Waals surface area contributed by atoms with Crippen LogP contribution >= 0.6 is 0 Å². The summed E-state index contributed by atoms with van der Waals surface area (Å²) >= 11 is 0. The SMILES string of the molecule is CC(c1cccnc1)N1CCNC(C2CC2)C1. The Morgan fingerprint density at radius 1 is 1.47 bits per heavy atom. The zero-order valence-corrected chi connectivity index (χ0v) is 10.5. The van der Waals surface area contributed by atoms with E-state index >= 15 is 0 Å². The van der Waals surface area contributed by atoms with E-state index in [0.717, 1.165) is 25.0 Å². The van der Waals surface area contributed by atoms with Gasteiger partial charge in [0.05, 0.1) is 0 Å². The number of pyridine rings is 1. The van der Waals surface area contributed by atoms with E-state index in [1.807, 2.05) is 18.5 Å². The Morgan fingerprint density at radius 2 is 2.35 bits per heavy atom. The molecule has 1 saturated carbocycles. The first-order valence-corrected chi connectivity index (χ1v) is 6.72. The van der Waals surface area contributed by atoms with Gasteiger partial charge in [-0.1, -0.05) is 6.07 Å². The zero-order chi connectivity index (χ0) is 11.7. The van der Waals surface area contributed by atoms with Gasteiger partial charge >= 0.3 is 0 Å². The summed E-state index contributed by atoms with van der Waals surface area (Å²) in [5, 5.41) is 3.66. The van der Waals surface area contributed by atoms with Crippen LogP contribution in [0.5, 0.6) is 0 Å². The predicted octanol–water partition coefficient (Wildman–Crippen LogP) is 1.83. The van der Waals surface area contributed by atoms with Gasteiger partial charge in [0.1, 0.15) is 0 Å². The van der Waals surface area contributed by atoms with Crippen molar-refractivity contribution >= 4 is 0 Å². The zero-order valence-electron chi connectivity index (χ0n) is 10.5. The molecule has 1 aromatic heterocycles. The standard InChI is InChI=1S/C14H21N3/c1-11(13-3-2-6-15-9-13)17-8-7-16-14(10-17)12-4-5-12/h2-3,6,9,11-12,14,16H,4-5,7-8,10H2,1H3. The van der Waals surface area contributed by atoms with Crippen LogP contribution in [0.1, 0.15) is 31.4 Å². The summed E-state index contributed by atoms with van der Waals surface area (Å²) in [6.45, 7) is 5.78. The Kier molecular flexibility index (Phi) is 3.12. The van der Waals surface area contributed by atoms with E-state index in [-0.39, 0.29) is 0 Å². The van der Waals surface area contributed by atoms with E-state index in [9.17, 15) is 0 Å². The third-order valence-electron chi connectivity index (χ3n) is 4.14. The van der Waals surface area contributed by atoms with E-state index in [1.165, 1.54) is 24.9 Å². The van der Waals surface area contributed by atoms with Gasteiger partial charge in [0.25, 0.3) is 0 Å². The van der Waals surface area contributed by atoms with Crippen LogP contribution in [0.4, 0.5) is 0 Å². The normalized spacial score (nSPS) is 27.9. The summed E-state index contributed by atoms with van der Waals surface area (Å²) in [4.78, 5) is 6.82. The Balaban J connectivity index is 1.66. The number of nitrogens with one attached hydrogen (secondary N) is 1. The third-order valence-corrected chi connectivity index (χ3v) is 4.14. The Bertz CT molecular complexity index is 361. The minimum Gasteiger partial charge on any atom is -0.311 e. The highest BCUT2D eigenvalue weighted by Gasteiger charge is 2.35. The maximum absolute atomic E-state index is 4.22. The van der Waals surface area contributed by atoms with Crippen molar-refractivity contribution in [1.29, 1.82) is 0 Å². The molecule has 0 radical (unpaired) electrons. The second kappa shape index (κ2) is 4.75. The molecule has 0 aromatic carbocycles. The lowest BCUT2D eigenvalue weighted by atomic mass is 10.0. The molecule has 2 unspecified atom stereocenters. The van der Waals surface area contributed by atoms with Crippen LogP contribution in [0.25, 0.3) is 0 Å². The second-order valence-electron chi connectivity index (χ2n) is 5.36. The average Bonchev–Trinajstić information content (AvgIpc) is 3.23. The molecule has 1 aliphatic heterocycles. The molecule has 1 aliphatic carbocycles. The minimum absolute atomic E-state index is 0.493. The Labute approximate surface area is 103 Å². The largest absolute Gasteiger partial charge is 0.311 e. The Hall–Kier alpha value is -0.930. The summed E-state index contributed by atoms with van der Waals surface area (Å²) in [7, 11) is 0. The molecule has 2 heterocycles. The van der Waals surface area contributed by atoms with Crippen molar-refractivity contribution in [3.63, 3.8) is 0 Å². The molecule has 0 spiro atoms. The topological polar surface area (TPSA) is 28.2 Å². The summed E-state index contributed by atoms with van der Waals surface area (Å²) < 4.78 is 0. The number of nitrogens with zero attached hydrogens (tertiary/aromatic N) is 2. The molecule has 2 aliphatic rings. The molecule has 0 amide bonds. The fourth-order valence-corrected chi connectivity index (χ4v) is 2.80. The molecular formula is C14H21N3. The van der Waals surface area contributed by atoms with Crippen LogP contribution < -0.4 is 5.32 Å². The lowest BCUT2D eigenvalue weighted by Gasteiger charge is -2.37. The number of hydrogen-bond donors (Lipinski definition) is 1. The van der Waals surface area contributed by atoms with Crippen molar-refractivity contribution < 1.29 is 0 Å². The van der Waals surface area contributed by atoms with Gasteiger partial charge in [-0.2, -0.15) is 0 Å². The van der Waals surface area contributed by atoms with Crippen LogP contribution in [0, 0.1) is 5.92 Å². The molecule has 0 bridgehead atoms. The number of hydrogen-bond acceptors (Lipinski definition) is 3. The van der Waals surface area contributed by atoms with Crippen LogP contribution in [0.15, 0.2) is 24.5 Å². The van der Waals surface area contributed by atoms with Gasteiger partial charge in [-0.15, -0.1) is 0 Å². The number of piperazine rings is 1. The first kappa shape index (κ1) is 11.2. The van der Waals surface area contributed by atoms with Crippen molar-refractivity contribution in [2.75, 3.05) is 19.6 Å². The molecule has 3 nitrogen and oxygen atoms in total. The first-order chi connectivity index (χ1) is 8.34. The molecule has 17 heavy (non-hydrogen) atoms. The maximum Gasteiger partial charge on any atom is 0.0336 e. The third kappa shape index (κ3) is 2.50. The van der Waals surface area contributed by atoms with Gasteiger partial charge in [0.2, 0.25) is 0 Å². The highest BCUT2D eigenvalue weighted by molar-refractivity contribution is 5.13. The molecule has 3 heteroatoms. The molecule has 2 atom stereocenters. The van der Waals surface area contributed by atoms with Crippen LogP contribution in [-0.2, 0) is 0 Å². The van der Waals surface area contributed by atoms with Crippen molar-refractivity contribution in [1.82, 2.24) is 15.2 Å². The van der Waals surface area contributed by atoms with Gasteiger partial charge in [0.15, 0.2) is 0 Å². The monoisotopic (exact) mass is 231 g/mol. The van der Waals surface area contributed by atoms with E-state index in [1.54, 1.807) is 0 Å². The summed E-state index contributed by atoms with van der Waals surface area (Å²) in [6, 6.07) is 5.44. The summed E-state index contributed by atoms with van der Waals surface area (Å²) in [5.41, 5.74) is 1.34. The van der Waals surface area contributed by atoms with Crippen molar-refractivity contribution in [2.45, 2.75) is 31.8 Å². The summed E-state index contributed by atoms with van der Waals surface area (Å²) in [6.07, 6.45) is 6.69. The second-order valence-corrected chi connectivity index (χ2v) is 5.36. The molecule has 3 rings (SSSR count). The van der Waals surface area contributed by atoms with Crippen molar-refractivity contribution in [3.8, 4) is 0 Å². The van der Waals surface area contributed by atoms with Crippen LogP contribution in [0.2, 0.25) is 0 Å². The molecule has 1 N–H and O–H groups in total. The van der Waals surface area contributed by atoms with Crippen molar-refractivity contribution in [2.24, 2.45) is 5.92 Å². The predicted molar refractivity (Wildman–Crippen MR) is 68.7 cm³/mol. The molecule has 1 aromatic rings. The number of aromatic nitrogens is 1. The van der Waals surface area contributed by atoms with Gasteiger partial charge in [-0.3, -0.25) is 9.88 Å². The van der Waals surface area contributed by atoms with E-state index in [4.69, 9.17) is 0 Å². The van der Waals surface area contributed by atoms with Gasteiger partial charge in [-0.05, 0) is 37.3 Å². The molecule has 1 saturated heterocycles. The molecular weight excluding hydrogens is 210 g/mol.